The number of carbonyl (C=O) groups is 1. The van der Waals surface area contributed by atoms with Gasteiger partial charge in [0.1, 0.15) is 5.82 Å². The SMILES string of the molecule is Cl.Nc1ncc(CN2CCCN(C(=O)c3cccc(F)c3)CC2)s1. The number of nitrogen functional groups attached to an aromatic ring is 1. The summed E-state index contributed by atoms with van der Waals surface area (Å²) in [5, 5.41) is 0.581. The highest BCUT2D eigenvalue weighted by Crippen LogP contribution is 2.18. The number of amides is 1. The van der Waals surface area contributed by atoms with Crippen molar-refractivity contribution in [3.8, 4) is 0 Å². The van der Waals surface area contributed by atoms with Gasteiger partial charge < -0.3 is 10.6 Å². The first-order valence-corrected chi connectivity index (χ1v) is 8.41. The second-order valence-corrected chi connectivity index (χ2v) is 6.74. The van der Waals surface area contributed by atoms with Crippen molar-refractivity contribution in [1.82, 2.24) is 14.8 Å². The maximum absolute atomic E-state index is 13.3. The number of nitrogens with two attached hydrogens (primary N) is 1. The Hall–Kier alpha value is -1.70. The van der Waals surface area contributed by atoms with Crippen LogP contribution < -0.4 is 5.73 Å². The van der Waals surface area contributed by atoms with Crippen LogP contribution in [0.4, 0.5) is 9.52 Å². The lowest BCUT2D eigenvalue weighted by Gasteiger charge is -2.21. The van der Waals surface area contributed by atoms with Crippen LogP contribution in [0.25, 0.3) is 0 Å². The van der Waals surface area contributed by atoms with Gasteiger partial charge in [-0.3, -0.25) is 9.69 Å². The molecule has 1 aromatic heterocycles. The van der Waals surface area contributed by atoms with Crippen molar-refractivity contribution in [2.24, 2.45) is 0 Å². The Bertz CT molecular complexity index is 696. The summed E-state index contributed by atoms with van der Waals surface area (Å²) in [5.41, 5.74) is 6.07. The van der Waals surface area contributed by atoms with Crippen LogP contribution in [0.15, 0.2) is 30.5 Å². The Morgan fingerprint density at radius 2 is 2.12 bits per heavy atom. The highest BCUT2D eigenvalue weighted by molar-refractivity contribution is 7.15. The average Bonchev–Trinajstić information content (AvgIpc) is 2.80. The summed E-state index contributed by atoms with van der Waals surface area (Å²) in [6.45, 7) is 3.85. The maximum Gasteiger partial charge on any atom is 0.254 e. The third-order valence-corrected chi connectivity index (χ3v) is 4.71. The van der Waals surface area contributed by atoms with Crippen molar-refractivity contribution >= 4 is 34.8 Å². The molecule has 8 heteroatoms. The average molecular weight is 371 g/mol. The Morgan fingerprint density at radius 3 is 2.83 bits per heavy atom. The summed E-state index contributed by atoms with van der Waals surface area (Å²) in [6.07, 6.45) is 2.70. The molecule has 24 heavy (non-hydrogen) atoms. The van der Waals surface area contributed by atoms with E-state index < -0.39 is 0 Å². The zero-order valence-electron chi connectivity index (χ0n) is 13.2. The van der Waals surface area contributed by atoms with Gasteiger partial charge in [-0.25, -0.2) is 9.37 Å². The number of hydrogen-bond donors (Lipinski definition) is 1. The van der Waals surface area contributed by atoms with Gasteiger partial charge in [-0.1, -0.05) is 6.07 Å². The Kier molecular flexibility index (Phi) is 6.53. The first-order valence-electron chi connectivity index (χ1n) is 7.59. The van der Waals surface area contributed by atoms with Gasteiger partial charge >= 0.3 is 0 Å². The van der Waals surface area contributed by atoms with Gasteiger partial charge in [-0.2, -0.15) is 0 Å². The van der Waals surface area contributed by atoms with E-state index in [4.69, 9.17) is 5.73 Å². The minimum absolute atomic E-state index is 0. The lowest BCUT2D eigenvalue weighted by Crippen LogP contribution is -2.35. The second kappa shape index (κ2) is 8.41. The Labute approximate surface area is 150 Å². The third kappa shape index (κ3) is 4.66. The first-order chi connectivity index (χ1) is 11.1. The quantitative estimate of drug-likeness (QED) is 0.902. The standard InChI is InChI=1S/C16H19FN4OS.ClH/c17-13-4-1-3-12(9-13)15(22)21-6-2-5-20(7-8-21)11-14-10-19-16(18)23-14;/h1,3-4,9-10H,2,5-8,11H2,(H2,18,19);1H. The molecule has 1 amide bonds. The molecule has 1 aliphatic rings. The number of thiazole rings is 1. The smallest absolute Gasteiger partial charge is 0.254 e. The fourth-order valence-electron chi connectivity index (χ4n) is 2.75. The number of carbonyl (C=O) groups excluding carboxylic acids is 1. The molecule has 1 aromatic carbocycles. The first kappa shape index (κ1) is 18.6. The molecule has 1 fully saturated rings. The molecule has 2 aromatic rings. The highest BCUT2D eigenvalue weighted by atomic mass is 35.5. The van der Waals surface area contributed by atoms with E-state index in [1.807, 2.05) is 0 Å². The molecule has 2 heterocycles. The number of hydrogen-bond acceptors (Lipinski definition) is 5. The predicted octanol–water partition coefficient (Wildman–Crippen LogP) is 2.63. The molecule has 3 rings (SSSR count). The van der Waals surface area contributed by atoms with Crippen molar-refractivity contribution < 1.29 is 9.18 Å². The van der Waals surface area contributed by atoms with Crippen molar-refractivity contribution in [1.29, 1.82) is 0 Å². The molecular formula is C16H20ClFN4OS. The number of rotatable bonds is 3. The van der Waals surface area contributed by atoms with E-state index in [-0.39, 0.29) is 24.1 Å². The van der Waals surface area contributed by atoms with Crippen LogP contribution in [0.2, 0.25) is 0 Å². The second-order valence-electron chi connectivity index (χ2n) is 5.60. The number of benzene rings is 1. The zero-order chi connectivity index (χ0) is 16.2. The number of nitrogens with zero attached hydrogens (tertiary/aromatic N) is 3. The van der Waals surface area contributed by atoms with Crippen LogP contribution in [0.5, 0.6) is 0 Å². The normalized spacial score (nSPS) is 15.6. The fraction of sp³-hybridized carbons (Fsp3) is 0.375. The van der Waals surface area contributed by atoms with Gasteiger partial charge in [0.25, 0.3) is 5.91 Å². The fourth-order valence-corrected chi connectivity index (χ4v) is 3.48. The van der Waals surface area contributed by atoms with Gasteiger partial charge in [0.15, 0.2) is 5.13 Å². The molecule has 0 bridgehead atoms. The van der Waals surface area contributed by atoms with Gasteiger partial charge in [0.05, 0.1) is 0 Å². The molecule has 2 N–H and O–H groups in total. The maximum atomic E-state index is 13.3. The summed E-state index contributed by atoms with van der Waals surface area (Å²) in [4.78, 5) is 21.8. The minimum Gasteiger partial charge on any atom is -0.375 e. The third-order valence-electron chi connectivity index (χ3n) is 3.90. The molecule has 0 spiro atoms. The van der Waals surface area contributed by atoms with Crippen LogP contribution in [0.1, 0.15) is 21.7 Å². The van der Waals surface area contributed by atoms with Crippen molar-refractivity contribution in [2.45, 2.75) is 13.0 Å². The van der Waals surface area contributed by atoms with E-state index in [0.717, 1.165) is 30.9 Å². The van der Waals surface area contributed by atoms with Crippen molar-refractivity contribution in [3.05, 3.63) is 46.7 Å². The van der Waals surface area contributed by atoms with Gasteiger partial charge in [0.2, 0.25) is 0 Å². The summed E-state index contributed by atoms with van der Waals surface area (Å²) < 4.78 is 13.3. The molecule has 1 saturated heterocycles. The van der Waals surface area contributed by atoms with Crippen LogP contribution in [0, 0.1) is 5.82 Å². The molecule has 1 aliphatic heterocycles. The minimum atomic E-state index is -0.380. The Morgan fingerprint density at radius 1 is 1.29 bits per heavy atom. The van der Waals surface area contributed by atoms with E-state index in [9.17, 15) is 9.18 Å². The van der Waals surface area contributed by atoms with E-state index in [1.54, 1.807) is 23.2 Å². The molecule has 0 radical (unpaired) electrons. The van der Waals surface area contributed by atoms with Crippen molar-refractivity contribution in [3.63, 3.8) is 0 Å². The van der Waals surface area contributed by atoms with Crippen molar-refractivity contribution in [2.75, 3.05) is 31.9 Å². The monoisotopic (exact) mass is 370 g/mol. The molecule has 5 nitrogen and oxygen atoms in total. The van der Waals surface area contributed by atoms with E-state index >= 15 is 0 Å². The zero-order valence-corrected chi connectivity index (χ0v) is 14.8. The summed E-state index contributed by atoms with van der Waals surface area (Å²) in [6, 6.07) is 5.88. The molecule has 0 saturated carbocycles. The van der Waals surface area contributed by atoms with E-state index in [0.29, 0.717) is 23.8 Å². The van der Waals surface area contributed by atoms with Gasteiger partial charge in [-0.05, 0) is 24.6 Å². The topological polar surface area (TPSA) is 62.5 Å². The van der Waals surface area contributed by atoms with Gasteiger partial charge in [0, 0.05) is 49.4 Å². The predicted molar refractivity (Wildman–Crippen MR) is 96.0 cm³/mol. The molecule has 0 aliphatic carbocycles. The lowest BCUT2D eigenvalue weighted by atomic mass is 10.2. The van der Waals surface area contributed by atoms with E-state index in [2.05, 4.69) is 9.88 Å². The van der Waals surface area contributed by atoms with Crippen LogP contribution in [0.3, 0.4) is 0 Å². The van der Waals surface area contributed by atoms with Gasteiger partial charge in [-0.15, -0.1) is 23.7 Å². The summed E-state index contributed by atoms with van der Waals surface area (Å²) in [7, 11) is 0. The summed E-state index contributed by atoms with van der Waals surface area (Å²) in [5.74, 6) is -0.483. The molecule has 130 valence electrons. The number of aromatic nitrogens is 1. The summed E-state index contributed by atoms with van der Waals surface area (Å²) >= 11 is 1.50. The molecular weight excluding hydrogens is 351 g/mol. The highest BCUT2D eigenvalue weighted by Gasteiger charge is 2.21. The van der Waals surface area contributed by atoms with Crippen LogP contribution in [-0.4, -0.2) is 46.9 Å². The van der Waals surface area contributed by atoms with Crippen LogP contribution in [-0.2, 0) is 6.54 Å². The largest absolute Gasteiger partial charge is 0.375 e. The molecule has 0 atom stereocenters. The molecule has 0 unspecified atom stereocenters. The van der Waals surface area contributed by atoms with Crippen LogP contribution >= 0.6 is 23.7 Å². The number of anilines is 1. The number of halogens is 2. The Balaban J connectivity index is 0.00000208. The lowest BCUT2D eigenvalue weighted by molar-refractivity contribution is 0.0760. The van der Waals surface area contributed by atoms with E-state index in [1.165, 1.54) is 23.5 Å².